The van der Waals surface area contributed by atoms with Gasteiger partial charge in [0, 0.05) is 18.4 Å². The second-order valence-corrected chi connectivity index (χ2v) is 4.87. The summed E-state index contributed by atoms with van der Waals surface area (Å²) in [4.78, 5) is 4.41. The molecule has 6 nitrogen and oxygen atoms in total. The van der Waals surface area contributed by atoms with Crippen molar-refractivity contribution in [2.45, 2.75) is 26.6 Å². The predicted molar refractivity (Wildman–Crippen MR) is 77.0 cm³/mol. The van der Waals surface area contributed by atoms with Crippen LogP contribution in [0, 0.1) is 6.92 Å². The number of anilines is 1. The van der Waals surface area contributed by atoms with E-state index in [2.05, 4.69) is 10.1 Å². The smallest absolute Gasteiger partial charge is 0.135 e. The second kappa shape index (κ2) is 4.97. The van der Waals surface area contributed by atoms with Crippen LogP contribution in [-0.4, -0.2) is 24.4 Å². The van der Waals surface area contributed by atoms with E-state index in [1.807, 2.05) is 46.8 Å². The molecular formula is C14H17N5O. The van der Waals surface area contributed by atoms with E-state index in [4.69, 9.17) is 5.73 Å². The molecule has 6 heteroatoms. The van der Waals surface area contributed by atoms with Crippen LogP contribution >= 0.6 is 0 Å². The van der Waals surface area contributed by atoms with E-state index in [9.17, 15) is 5.11 Å². The van der Waals surface area contributed by atoms with Crippen LogP contribution in [0.4, 0.5) is 5.69 Å². The highest BCUT2D eigenvalue weighted by atomic mass is 16.3. The van der Waals surface area contributed by atoms with Crippen molar-refractivity contribution >= 4 is 16.7 Å². The molecule has 0 saturated heterocycles. The van der Waals surface area contributed by atoms with E-state index in [0.29, 0.717) is 18.1 Å². The van der Waals surface area contributed by atoms with Gasteiger partial charge in [0.1, 0.15) is 12.4 Å². The van der Waals surface area contributed by atoms with Crippen molar-refractivity contribution < 1.29 is 5.11 Å². The van der Waals surface area contributed by atoms with Crippen molar-refractivity contribution in [3.8, 4) is 0 Å². The lowest BCUT2D eigenvalue weighted by Crippen LogP contribution is -2.10. The summed E-state index contributed by atoms with van der Waals surface area (Å²) in [5.74, 6) is 0.648. The Balaban J connectivity index is 1.93. The third kappa shape index (κ3) is 2.25. The molecule has 3 rings (SSSR count). The lowest BCUT2D eigenvalue weighted by Gasteiger charge is -2.08. The van der Waals surface area contributed by atoms with E-state index < -0.39 is 0 Å². The van der Waals surface area contributed by atoms with E-state index in [1.54, 1.807) is 0 Å². The molecule has 2 heterocycles. The number of imidazole rings is 1. The first kappa shape index (κ1) is 12.7. The predicted octanol–water partition coefficient (Wildman–Crippen LogP) is 1.32. The fourth-order valence-electron chi connectivity index (χ4n) is 2.36. The van der Waals surface area contributed by atoms with Gasteiger partial charge in [0.05, 0.1) is 23.8 Å². The Bertz CT molecular complexity index is 743. The maximum Gasteiger partial charge on any atom is 0.135 e. The molecule has 0 fully saturated rings. The molecule has 1 aromatic carbocycles. The number of aromatic nitrogens is 4. The minimum Gasteiger partial charge on any atom is -0.399 e. The van der Waals surface area contributed by atoms with E-state index >= 15 is 0 Å². The van der Waals surface area contributed by atoms with Crippen LogP contribution < -0.4 is 5.73 Å². The maximum atomic E-state index is 9.45. The van der Waals surface area contributed by atoms with Gasteiger partial charge in [0.2, 0.25) is 0 Å². The summed E-state index contributed by atoms with van der Waals surface area (Å²) < 4.78 is 3.89. The standard InChI is InChI=1S/C14H17N5O/c1-10-7-16-18(8-10)4-5-19-13-3-2-11(15)6-12(13)17-14(19)9-20/h2-3,6-8,20H,4-5,9,15H2,1H3. The zero-order chi connectivity index (χ0) is 14.1. The summed E-state index contributed by atoms with van der Waals surface area (Å²) in [7, 11) is 0. The number of benzene rings is 1. The Morgan fingerprint density at radius 2 is 2.15 bits per heavy atom. The molecule has 104 valence electrons. The second-order valence-electron chi connectivity index (χ2n) is 4.87. The van der Waals surface area contributed by atoms with Crippen LogP contribution in [0.25, 0.3) is 11.0 Å². The van der Waals surface area contributed by atoms with Gasteiger partial charge in [-0.05, 0) is 30.7 Å². The molecule has 0 radical (unpaired) electrons. The number of nitrogens with two attached hydrogens (primary N) is 1. The van der Waals surface area contributed by atoms with Gasteiger partial charge in [-0.1, -0.05) is 0 Å². The van der Waals surface area contributed by atoms with Gasteiger partial charge in [-0.2, -0.15) is 5.10 Å². The molecule has 3 N–H and O–H groups in total. The molecule has 2 aromatic heterocycles. The molecule has 0 unspecified atom stereocenters. The normalized spacial score (nSPS) is 11.3. The Hall–Kier alpha value is -2.34. The molecule has 20 heavy (non-hydrogen) atoms. The first-order valence-electron chi connectivity index (χ1n) is 6.52. The Labute approximate surface area is 116 Å². The van der Waals surface area contributed by atoms with Gasteiger partial charge >= 0.3 is 0 Å². The van der Waals surface area contributed by atoms with Crippen LogP contribution in [-0.2, 0) is 19.7 Å². The van der Waals surface area contributed by atoms with Crippen molar-refractivity contribution in [3.05, 3.63) is 42.0 Å². The molecule has 0 bridgehead atoms. The summed E-state index contributed by atoms with van der Waals surface area (Å²) >= 11 is 0. The number of aliphatic hydroxyl groups is 1. The van der Waals surface area contributed by atoms with Crippen LogP contribution in [0.3, 0.4) is 0 Å². The van der Waals surface area contributed by atoms with Crippen LogP contribution in [0.15, 0.2) is 30.6 Å². The first-order valence-corrected chi connectivity index (χ1v) is 6.52. The summed E-state index contributed by atoms with van der Waals surface area (Å²) in [6.07, 6.45) is 3.83. The number of rotatable bonds is 4. The van der Waals surface area contributed by atoms with Gasteiger partial charge < -0.3 is 15.4 Å². The van der Waals surface area contributed by atoms with Crippen molar-refractivity contribution in [2.75, 3.05) is 5.73 Å². The molecule has 0 amide bonds. The minimum absolute atomic E-state index is 0.0906. The van der Waals surface area contributed by atoms with Crippen LogP contribution in [0.5, 0.6) is 0 Å². The number of nitrogen functional groups attached to an aromatic ring is 1. The van der Waals surface area contributed by atoms with E-state index in [-0.39, 0.29) is 6.61 Å². The topological polar surface area (TPSA) is 81.9 Å². The quantitative estimate of drug-likeness (QED) is 0.701. The molecule has 0 aliphatic rings. The Morgan fingerprint density at radius 3 is 2.85 bits per heavy atom. The molecule has 0 saturated carbocycles. The Kier molecular flexibility index (Phi) is 3.15. The highest BCUT2D eigenvalue weighted by Crippen LogP contribution is 2.19. The van der Waals surface area contributed by atoms with Crippen molar-refractivity contribution in [1.29, 1.82) is 0 Å². The molecule has 0 spiro atoms. The third-order valence-electron chi connectivity index (χ3n) is 3.31. The minimum atomic E-state index is -0.0906. The van der Waals surface area contributed by atoms with Crippen LogP contribution in [0.1, 0.15) is 11.4 Å². The largest absolute Gasteiger partial charge is 0.399 e. The van der Waals surface area contributed by atoms with Crippen molar-refractivity contribution in [3.63, 3.8) is 0 Å². The van der Waals surface area contributed by atoms with E-state index in [0.717, 1.165) is 23.1 Å². The molecular weight excluding hydrogens is 254 g/mol. The molecule has 0 aliphatic heterocycles. The van der Waals surface area contributed by atoms with E-state index in [1.165, 1.54) is 0 Å². The number of hydrogen-bond donors (Lipinski definition) is 2. The van der Waals surface area contributed by atoms with Gasteiger partial charge in [-0.3, -0.25) is 4.68 Å². The first-order chi connectivity index (χ1) is 9.67. The summed E-state index contributed by atoms with van der Waals surface area (Å²) in [6.45, 7) is 3.36. The van der Waals surface area contributed by atoms with Gasteiger partial charge in [0.25, 0.3) is 0 Å². The lowest BCUT2D eigenvalue weighted by atomic mass is 10.3. The van der Waals surface area contributed by atoms with Crippen molar-refractivity contribution in [2.24, 2.45) is 0 Å². The highest BCUT2D eigenvalue weighted by molar-refractivity contribution is 5.79. The maximum absolute atomic E-state index is 9.45. The number of aliphatic hydroxyl groups excluding tert-OH is 1. The number of nitrogens with zero attached hydrogens (tertiary/aromatic N) is 4. The summed E-state index contributed by atoms with van der Waals surface area (Å²) in [6, 6.07) is 5.61. The molecule has 0 atom stereocenters. The number of fused-ring (bicyclic) bond motifs is 1. The Morgan fingerprint density at radius 1 is 1.30 bits per heavy atom. The van der Waals surface area contributed by atoms with Gasteiger partial charge in [-0.15, -0.1) is 0 Å². The molecule has 3 aromatic rings. The molecule has 0 aliphatic carbocycles. The average Bonchev–Trinajstić information content (AvgIpc) is 2.99. The van der Waals surface area contributed by atoms with Gasteiger partial charge in [-0.25, -0.2) is 4.98 Å². The third-order valence-corrected chi connectivity index (χ3v) is 3.31. The zero-order valence-electron chi connectivity index (χ0n) is 11.3. The fourth-order valence-corrected chi connectivity index (χ4v) is 2.36. The van der Waals surface area contributed by atoms with Crippen molar-refractivity contribution in [1.82, 2.24) is 19.3 Å². The van der Waals surface area contributed by atoms with Gasteiger partial charge in [0.15, 0.2) is 0 Å². The number of aryl methyl sites for hydroxylation is 3. The fraction of sp³-hybridized carbons (Fsp3) is 0.286. The number of hydrogen-bond acceptors (Lipinski definition) is 4. The monoisotopic (exact) mass is 271 g/mol. The zero-order valence-corrected chi connectivity index (χ0v) is 11.3. The SMILES string of the molecule is Cc1cnn(CCn2c(CO)nc3cc(N)ccc32)c1. The summed E-state index contributed by atoms with van der Waals surface area (Å²) in [5, 5.41) is 13.7. The average molecular weight is 271 g/mol. The lowest BCUT2D eigenvalue weighted by molar-refractivity contribution is 0.265. The van der Waals surface area contributed by atoms with Crippen LogP contribution in [0.2, 0.25) is 0 Å². The summed E-state index contributed by atoms with van der Waals surface area (Å²) in [5.41, 5.74) is 9.37. The highest BCUT2D eigenvalue weighted by Gasteiger charge is 2.10.